The topological polar surface area (TPSA) is 66.6 Å². The molecule has 18 heavy (non-hydrogen) atoms. The number of benzene rings is 2. The van der Waals surface area contributed by atoms with Gasteiger partial charge in [0, 0.05) is 12.7 Å². The smallest absolute Gasteiger partial charge is 0.260 e. The first-order valence-electron chi connectivity index (χ1n) is 5.52. The third kappa shape index (κ3) is 2.13. The fourth-order valence-corrected chi connectivity index (χ4v) is 1.73. The Bertz CT molecular complexity index is 582. The number of aromatic hydroxyl groups is 1. The largest absolute Gasteiger partial charge is 0.506 e. The average Bonchev–Trinajstić information content (AvgIpc) is 2.38. The minimum Gasteiger partial charge on any atom is -0.506 e. The second kappa shape index (κ2) is 4.79. The summed E-state index contributed by atoms with van der Waals surface area (Å²) in [5, 5.41) is 9.72. The van der Waals surface area contributed by atoms with Crippen molar-refractivity contribution in [1.82, 2.24) is 0 Å². The van der Waals surface area contributed by atoms with Gasteiger partial charge < -0.3 is 15.7 Å². The van der Waals surface area contributed by atoms with E-state index in [-0.39, 0.29) is 11.7 Å². The molecule has 0 unspecified atom stereocenters. The molecule has 0 radical (unpaired) electrons. The van der Waals surface area contributed by atoms with Gasteiger partial charge in [0.05, 0.1) is 11.3 Å². The minimum atomic E-state index is -0.255. The number of nitrogens with zero attached hydrogens (tertiary/aromatic N) is 1. The molecule has 0 saturated carbocycles. The highest BCUT2D eigenvalue weighted by Crippen LogP contribution is 2.27. The second-order valence-corrected chi connectivity index (χ2v) is 3.94. The molecule has 0 heterocycles. The Morgan fingerprint density at radius 2 is 1.72 bits per heavy atom. The number of nitrogen functional groups attached to an aromatic ring is 1. The maximum Gasteiger partial charge on any atom is 0.260 e. The zero-order valence-corrected chi connectivity index (χ0v) is 10.00. The molecule has 0 aliphatic rings. The van der Waals surface area contributed by atoms with Gasteiger partial charge in [-0.25, -0.2) is 0 Å². The van der Waals surface area contributed by atoms with Crippen molar-refractivity contribution in [1.29, 1.82) is 0 Å². The van der Waals surface area contributed by atoms with Gasteiger partial charge in [0.2, 0.25) is 0 Å². The third-order valence-corrected chi connectivity index (χ3v) is 2.74. The zero-order valence-electron chi connectivity index (χ0n) is 10.00. The minimum absolute atomic E-state index is 0.0582. The fraction of sp³-hybridized carbons (Fsp3) is 0.0714. The summed E-state index contributed by atoms with van der Waals surface area (Å²) in [7, 11) is 1.60. The highest BCUT2D eigenvalue weighted by Gasteiger charge is 2.17. The van der Waals surface area contributed by atoms with Gasteiger partial charge in [-0.15, -0.1) is 0 Å². The molecule has 0 aliphatic heterocycles. The van der Waals surface area contributed by atoms with Gasteiger partial charge in [0.1, 0.15) is 5.75 Å². The molecular weight excluding hydrogens is 228 g/mol. The van der Waals surface area contributed by atoms with Crippen LogP contribution in [0, 0.1) is 0 Å². The number of amides is 1. The summed E-state index contributed by atoms with van der Waals surface area (Å²) in [4.78, 5) is 13.6. The highest BCUT2D eigenvalue weighted by molar-refractivity contribution is 6.09. The average molecular weight is 242 g/mol. The van der Waals surface area contributed by atoms with Crippen LogP contribution in [0.25, 0.3) is 0 Å². The number of para-hydroxylation sites is 3. The Hall–Kier alpha value is -2.49. The lowest BCUT2D eigenvalue weighted by Gasteiger charge is -2.19. The molecule has 0 saturated heterocycles. The van der Waals surface area contributed by atoms with E-state index >= 15 is 0 Å². The van der Waals surface area contributed by atoms with Gasteiger partial charge in [-0.2, -0.15) is 0 Å². The van der Waals surface area contributed by atoms with E-state index in [9.17, 15) is 9.90 Å². The van der Waals surface area contributed by atoms with Gasteiger partial charge in [-0.3, -0.25) is 4.79 Å². The van der Waals surface area contributed by atoms with Crippen LogP contribution in [0.5, 0.6) is 5.75 Å². The molecule has 92 valence electrons. The Balaban J connectivity index is 2.36. The summed E-state index contributed by atoms with van der Waals surface area (Å²) >= 11 is 0. The van der Waals surface area contributed by atoms with Crippen molar-refractivity contribution in [3.05, 3.63) is 54.1 Å². The van der Waals surface area contributed by atoms with Crippen LogP contribution in [0.2, 0.25) is 0 Å². The van der Waals surface area contributed by atoms with Crippen LogP contribution < -0.4 is 10.6 Å². The molecule has 0 fully saturated rings. The van der Waals surface area contributed by atoms with E-state index in [1.807, 2.05) is 0 Å². The van der Waals surface area contributed by atoms with Crippen molar-refractivity contribution < 1.29 is 9.90 Å². The van der Waals surface area contributed by atoms with E-state index < -0.39 is 0 Å². The summed E-state index contributed by atoms with van der Waals surface area (Å²) in [6.45, 7) is 0. The number of hydrogen-bond donors (Lipinski definition) is 2. The molecule has 4 nitrogen and oxygen atoms in total. The van der Waals surface area contributed by atoms with Gasteiger partial charge >= 0.3 is 0 Å². The van der Waals surface area contributed by atoms with E-state index in [4.69, 9.17) is 5.73 Å². The number of carbonyl (C=O) groups is 1. The number of carbonyl (C=O) groups excluding carboxylic acids is 1. The van der Waals surface area contributed by atoms with Crippen molar-refractivity contribution in [2.45, 2.75) is 0 Å². The second-order valence-electron chi connectivity index (χ2n) is 3.94. The molecule has 0 atom stereocenters. The molecule has 2 aromatic carbocycles. The molecule has 0 bridgehead atoms. The molecule has 0 aromatic heterocycles. The van der Waals surface area contributed by atoms with Gasteiger partial charge in [0.15, 0.2) is 0 Å². The number of phenols is 1. The lowest BCUT2D eigenvalue weighted by molar-refractivity contribution is 0.0993. The van der Waals surface area contributed by atoms with E-state index in [1.165, 1.54) is 11.0 Å². The Labute approximate surface area is 105 Å². The lowest BCUT2D eigenvalue weighted by atomic mass is 10.1. The number of rotatable bonds is 2. The monoisotopic (exact) mass is 242 g/mol. The normalized spacial score (nSPS) is 10.1. The summed E-state index contributed by atoms with van der Waals surface area (Å²) in [6, 6.07) is 13.5. The van der Waals surface area contributed by atoms with Crippen molar-refractivity contribution >= 4 is 17.3 Å². The summed E-state index contributed by atoms with van der Waals surface area (Å²) in [6.07, 6.45) is 0. The van der Waals surface area contributed by atoms with Crippen LogP contribution in [0.3, 0.4) is 0 Å². The van der Waals surface area contributed by atoms with Crippen molar-refractivity contribution in [3.8, 4) is 5.75 Å². The first kappa shape index (κ1) is 12.0. The predicted molar refractivity (Wildman–Crippen MR) is 71.7 cm³/mol. The van der Waals surface area contributed by atoms with Crippen molar-refractivity contribution in [2.75, 3.05) is 17.7 Å². The SMILES string of the molecule is CN(C(=O)c1ccccc1N)c1ccccc1O. The van der Waals surface area contributed by atoms with Crippen LogP contribution in [-0.4, -0.2) is 18.1 Å². The predicted octanol–water partition coefficient (Wildman–Crippen LogP) is 2.25. The molecule has 0 aliphatic carbocycles. The Morgan fingerprint density at radius 1 is 1.11 bits per heavy atom. The van der Waals surface area contributed by atoms with Crippen molar-refractivity contribution in [3.63, 3.8) is 0 Å². The summed E-state index contributed by atoms with van der Waals surface area (Å²) < 4.78 is 0. The van der Waals surface area contributed by atoms with E-state index in [0.29, 0.717) is 16.9 Å². The third-order valence-electron chi connectivity index (χ3n) is 2.74. The van der Waals surface area contributed by atoms with E-state index in [1.54, 1.807) is 49.5 Å². The van der Waals surface area contributed by atoms with Crippen LogP contribution >= 0.6 is 0 Å². The standard InChI is InChI=1S/C14H14N2O2/c1-16(12-8-4-5-9-13(12)17)14(18)10-6-2-3-7-11(10)15/h2-9,17H,15H2,1H3. The van der Waals surface area contributed by atoms with Gasteiger partial charge in [-0.05, 0) is 24.3 Å². The molecule has 1 amide bonds. The van der Waals surface area contributed by atoms with Crippen LogP contribution in [0.1, 0.15) is 10.4 Å². The Kier molecular flexibility index (Phi) is 3.19. The van der Waals surface area contributed by atoms with Crippen molar-refractivity contribution in [2.24, 2.45) is 0 Å². The summed E-state index contributed by atoms with van der Waals surface area (Å²) in [5.41, 5.74) is 7.06. The molecule has 2 rings (SSSR count). The lowest BCUT2D eigenvalue weighted by Crippen LogP contribution is -2.27. The number of phenolic OH excluding ortho intramolecular Hbond substituents is 1. The van der Waals surface area contributed by atoms with E-state index in [2.05, 4.69) is 0 Å². The molecule has 0 spiro atoms. The number of nitrogens with two attached hydrogens (primary N) is 1. The maximum absolute atomic E-state index is 12.3. The molecular formula is C14H14N2O2. The summed E-state index contributed by atoms with van der Waals surface area (Å²) in [5.74, 6) is -0.197. The first-order valence-corrected chi connectivity index (χ1v) is 5.52. The highest BCUT2D eigenvalue weighted by atomic mass is 16.3. The van der Waals surface area contributed by atoms with E-state index in [0.717, 1.165) is 0 Å². The maximum atomic E-state index is 12.3. The van der Waals surface area contributed by atoms with Crippen LogP contribution in [0.4, 0.5) is 11.4 Å². The quantitative estimate of drug-likeness (QED) is 0.794. The van der Waals surface area contributed by atoms with Crippen LogP contribution in [0.15, 0.2) is 48.5 Å². The van der Waals surface area contributed by atoms with Gasteiger partial charge in [-0.1, -0.05) is 24.3 Å². The van der Waals surface area contributed by atoms with Crippen LogP contribution in [-0.2, 0) is 0 Å². The van der Waals surface area contributed by atoms with Gasteiger partial charge in [0.25, 0.3) is 5.91 Å². The molecule has 2 aromatic rings. The molecule has 3 N–H and O–H groups in total. The fourth-order valence-electron chi connectivity index (χ4n) is 1.73. The Morgan fingerprint density at radius 3 is 2.39 bits per heavy atom. The zero-order chi connectivity index (χ0) is 13.1. The first-order chi connectivity index (χ1) is 8.61. The number of hydrogen-bond acceptors (Lipinski definition) is 3. The number of anilines is 2. The molecule has 4 heteroatoms.